The van der Waals surface area contributed by atoms with Crippen molar-refractivity contribution in [3.8, 4) is 0 Å². The summed E-state index contributed by atoms with van der Waals surface area (Å²) in [5.41, 5.74) is 0. The Morgan fingerprint density at radius 2 is 1.02 bits per heavy atom. The Morgan fingerprint density at radius 1 is 0.582 bits per heavy atom. The van der Waals surface area contributed by atoms with Gasteiger partial charge in [-0.25, -0.2) is 0 Å². The number of phosphoric acid groups is 1. The van der Waals surface area contributed by atoms with Crippen LogP contribution in [0.5, 0.6) is 0 Å². The molecule has 55 heavy (non-hydrogen) atoms. The minimum atomic E-state index is -4.56. The van der Waals surface area contributed by atoms with Crippen LogP contribution in [0.3, 0.4) is 0 Å². The highest BCUT2D eigenvalue weighted by Crippen LogP contribution is 2.38. The topological polar surface area (TPSA) is 94.1 Å². The predicted molar refractivity (Wildman–Crippen MR) is 231 cm³/mol. The molecule has 0 bridgehead atoms. The second-order valence-electron chi connectivity index (χ2n) is 15.8. The molecule has 0 rings (SSSR count). The largest absolute Gasteiger partial charge is 0.756 e. The van der Waals surface area contributed by atoms with Crippen molar-refractivity contribution in [1.29, 1.82) is 0 Å². The summed E-state index contributed by atoms with van der Waals surface area (Å²) >= 11 is 0. The molecule has 0 aliphatic rings. The maximum Gasteiger partial charge on any atom is 0.306 e. The first-order valence-electron chi connectivity index (χ1n) is 22.1. The molecule has 0 saturated heterocycles. The Balaban J connectivity index is 4.41. The van der Waals surface area contributed by atoms with E-state index < -0.39 is 19.9 Å². The molecule has 0 aromatic carbocycles. The van der Waals surface area contributed by atoms with Crippen LogP contribution in [0.1, 0.15) is 174 Å². The van der Waals surface area contributed by atoms with Crippen molar-refractivity contribution in [2.45, 2.75) is 180 Å². The molecule has 0 N–H and O–H groups in total. The lowest BCUT2D eigenvalue weighted by molar-refractivity contribution is -0.870. The van der Waals surface area contributed by atoms with E-state index in [4.69, 9.17) is 18.5 Å². The first kappa shape index (κ1) is 53.0. The number of carbonyl (C=O) groups excluding carboxylic acids is 1. The zero-order chi connectivity index (χ0) is 40.6. The third-order valence-electron chi connectivity index (χ3n) is 9.11. The summed E-state index contributed by atoms with van der Waals surface area (Å²) in [6, 6.07) is 0. The van der Waals surface area contributed by atoms with Gasteiger partial charge in [0, 0.05) is 6.42 Å². The van der Waals surface area contributed by atoms with Crippen molar-refractivity contribution in [2.24, 2.45) is 0 Å². The quantitative estimate of drug-likeness (QED) is 0.0152. The summed E-state index contributed by atoms with van der Waals surface area (Å²) in [7, 11) is 1.28. The number of rotatable bonds is 40. The molecule has 0 heterocycles. The van der Waals surface area contributed by atoms with Gasteiger partial charge in [0.15, 0.2) is 6.10 Å². The standard InChI is InChI=1S/C46H84NO7P/c1-6-8-10-12-14-16-18-20-22-24-25-27-29-31-33-35-37-39-46(48)54-45(44-53-55(49,50)52-42-40-47(3,4)5)43-51-41-38-36-34-32-30-28-26-23-21-19-17-15-13-11-9-7-2/h20-23,25,27,31,33,38,41,45H,6-19,24,26,28-30,32,34-37,39-40,42-44H2,1-5H3/b22-20-,23-21-,27-25-,33-31-,41-38-/t45-/m1/s1. The van der Waals surface area contributed by atoms with Gasteiger partial charge < -0.3 is 27.9 Å². The number of unbranched alkanes of at least 4 members (excludes halogenated alkanes) is 18. The van der Waals surface area contributed by atoms with E-state index in [1.165, 1.54) is 109 Å². The minimum Gasteiger partial charge on any atom is -0.756 e. The van der Waals surface area contributed by atoms with Gasteiger partial charge in [-0.15, -0.1) is 0 Å². The number of allylic oxidation sites excluding steroid dienone is 9. The molecule has 0 spiro atoms. The first-order valence-corrected chi connectivity index (χ1v) is 23.5. The van der Waals surface area contributed by atoms with E-state index >= 15 is 0 Å². The lowest BCUT2D eigenvalue weighted by Crippen LogP contribution is -2.37. The molecule has 1 unspecified atom stereocenters. The van der Waals surface area contributed by atoms with E-state index in [9.17, 15) is 14.3 Å². The van der Waals surface area contributed by atoms with Crippen LogP contribution in [0.4, 0.5) is 0 Å². The molecule has 0 aliphatic heterocycles. The molecule has 0 fully saturated rings. The molecular weight excluding hydrogens is 709 g/mol. The maximum absolute atomic E-state index is 12.6. The summed E-state index contributed by atoms with van der Waals surface area (Å²) < 4.78 is 34.2. The van der Waals surface area contributed by atoms with E-state index in [0.29, 0.717) is 17.4 Å². The van der Waals surface area contributed by atoms with Crippen LogP contribution in [-0.4, -0.2) is 64.1 Å². The number of esters is 1. The monoisotopic (exact) mass is 794 g/mol. The van der Waals surface area contributed by atoms with Gasteiger partial charge in [0.05, 0.1) is 34.0 Å². The average molecular weight is 794 g/mol. The van der Waals surface area contributed by atoms with Crippen LogP contribution in [0.2, 0.25) is 0 Å². The fourth-order valence-corrected chi connectivity index (χ4v) is 6.37. The Bertz CT molecular complexity index is 1060. The number of carbonyl (C=O) groups is 1. The van der Waals surface area contributed by atoms with Crippen LogP contribution in [0.25, 0.3) is 0 Å². The fourth-order valence-electron chi connectivity index (χ4n) is 5.64. The molecular formula is C46H84NO7P. The molecule has 0 radical (unpaired) electrons. The van der Waals surface area contributed by atoms with Crippen LogP contribution in [-0.2, 0) is 27.9 Å². The van der Waals surface area contributed by atoms with E-state index in [-0.39, 0.29) is 26.2 Å². The molecule has 0 amide bonds. The molecule has 0 aromatic heterocycles. The van der Waals surface area contributed by atoms with Crippen molar-refractivity contribution in [3.63, 3.8) is 0 Å². The number of ether oxygens (including phenoxy) is 2. The van der Waals surface area contributed by atoms with Gasteiger partial charge in [0.25, 0.3) is 7.82 Å². The third kappa shape index (κ3) is 43.0. The number of phosphoric ester groups is 1. The summed E-state index contributed by atoms with van der Waals surface area (Å²) in [4.78, 5) is 25.0. The number of hydrogen-bond acceptors (Lipinski definition) is 7. The first-order chi connectivity index (χ1) is 26.6. The molecule has 0 saturated carbocycles. The van der Waals surface area contributed by atoms with Gasteiger partial charge in [-0.3, -0.25) is 9.36 Å². The van der Waals surface area contributed by atoms with E-state index in [2.05, 4.69) is 62.5 Å². The number of hydrogen-bond donors (Lipinski definition) is 0. The Morgan fingerprint density at radius 3 is 1.53 bits per heavy atom. The van der Waals surface area contributed by atoms with Gasteiger partial charge in [0.1, 0.15) is 19.8 Å². The molecule has 0 aromatic rings. The van der Waals surface area contributed by atoms with Crippen LogP contribution in [0, 0.1) is 0 Å². The SMILES string of the molecule is CCCCCCCC/C=C\C/C=C\C/C=C\CCCC(=O)O[C@H](CO/C=C\CCCCCC/C=C\CCCCCCCC)COP(=O)([O-])OCC[N+](C)(C)C. The molecule has 9 heteroatoms. The minimum absolute atomic E-state index is 0.00356. The van der Waals surface area contributed by atoms with Crippen molar-refractivity contribution < 1.29 is 37.3 Å². The zero-order valence-electron chi connectivity index (χ0n) is 36.1. The maximum atomic E-state index is 12.6. The summed E-state index contributed by atoms with van der Waals surface area (Å²) in [5.74, 6) is -0.411. The smallest absolute Gasteiger partial charge is 0.306 e. The van der Waals surface area contributed by atoms with E-state index in [1.54, 1.807) is 6.26 Å². The van der Waals surface area contributed by atoms with Gasteiger partial charge in [-0.2, -0.15) is 0 Å². The Kier molecular flexibility index (Phi) is 37.5. The highest BCUT2D eigenvalue weighted by atomic mass is 31.2. The highest BCUT2D eigenvalue weighted by molar-refractivity contribution is 7.45. The van der Waals surface area contributed by atoms with Crippen molar-refractivity contribution in [2.75, 3.05) is 47.5 Å². The number of quaternary nitrogens is 1. The van der Waals surface area contributed by atoms with Crippen LogP contribution >= 0.6 is 7.82 Å². The lowest BCUT2D eigenvalue weighted by Gasteiger charge is -2.28. The Hall–Kier alpha value is -1.96. The second kappa shape index (κ2) is 38.9. The second-order valence-corrected chi connectivity index (χ2v) is 17.2. The van der Waals surface area contributed by atoms with Gasteiger partial charge >= 0.3 is 5.97 Å². The normalized spacial score (nSPS) is 14.3. The van der Waals surface area contributed by atoms with Gasteiger partial charge in [0.2, 0.25) is 0 Å². The highest BCUT2D eigenvalue weighted by Gasteiger charge is 2.20. The molecule has 8 nitrogen and oxygen atoms in total. The number of nitrogens with zero attached hydrogens (tertiary/aromatic N) is 1. The van der Waals surface area contributed by atoms with E-state index in [0.717, 1.165) is 38.5 Å². The van der Waals surface area contributed by atoms with Crippen molar-refractivity contribution >= 4 is 13.8 Å². The number of likely N-dealkylation sites (N-methyl/N-ethyl adjacent to an activating group) is 1. The Labute approximate surface area is 339 Å². The molecule has 2 atom stereocenters. The lowest BCUT2D eigenvalue weighted by atomic mass is 10.1. The molecule has 0 aliphatic carbocycles. The summed E-state index contributed by atoms with van der Waals surface area (Å²) in [6.45, 7) is 4.64. The zero-order valence-corrected chi connectivity index (χ0v) is 37.0. The fraction of sp³-hybridized carbons (Fsp3) is 0.761. The third-order valence-corrected chi connectivity index (χ3v) is 10.1. The van der Waals surface area contributed by atoms with Crippen molar-refractivity contribution in [1.82, 2.24) is 0 Å². The predicted octanol–water partition coefficient (Wildman–Crippen LogP) is 12.7. The van der Waals surface area contributed by atoms with Gasteiger partial charge in [-0.1, -0.05) is 140 Å². The van der Waals surface area contributed by atoms with Crippen LogP contribution < -0.4 is 4.89 Å². The summed E-state index contributed by atoms with van der Waals surface area (Å²) in [6.07, 6.45) is 49.1. The van der Waals surface area contributed by atoms with E-state index in [1.807, 2.05) is 27.2 Å². The summed E-state index contributed by atoms with van der Waals surface area (Å²) in [5, 5.41) is 0. The van der Waals surface area contributed by atoms with Crippen molar-refractivity contribution in [3.05, 3.63) is 60.9 Å². The van der Waals surface area contributed by atoms with Crippen LogP contribution in [0.15, 0.2) is 60.9 Å². The average Bonchev–Trinajstić information content (AvgIpc) is 3.13. The molecule has 320 valence electrons. The van der Waals surface area contributed by atoms with Gasteiger partial charge in [-0.05, 0) is 83.1 Å².